The van der Waals surface area contributed by atoms with Gasteiger partial charge >= 0.3 is 6.03 Å². The maximum atomic E-state index is 12.5. The molecule has 0 bridgehead atoms. The molecule has 1 unspecified atom stereocenters. The molecular formula is C22H28N2O4. The van der Waals surface area contributed by atoms with Crippen LogP contribution in [0.2, 0.25) is 0 Å². The average Bonchev–Trinajstić information content (AvgIpc) is 3.22. The van der Waals surface area contributed by atoms with Crippen LogP contribution in [0.3, 0.4) is 0 Å². The lowest BCUT2D eigenvalue weighted by atomic mass is 10.2. The van der Waals surface area contributed by atoms with Crippen LogP contribution in [0.4, 0.5) is 10.5 Å². The second-order valence-corrected chi connectivity index (χ2v) is 6.96. The molecule has 150 valence electrons. The highest BCUT2D eigenvalue weighted by atomic mass is 16.5. The number of likely N-dealkylation sites (N-methyl/N-ethyl adjacent to an activating group) is 1. The van der Waals surface area contributed by atoms with Gasteiger partial charge in [-0.05, 0) is 44.0 Å². The summed E-state index contributed by atoms with van der Waals surface area (Å²) in [6, 6.07) is 15.1. The topological polar surface area (TPSA) is 60.0 Å². The zero-order valence-electron chi connectivity index (χ0n) is 16.5. The third-order valence-electron chi connectivity index (χ3n) is 4.64. The van der Waals surface area contributed by atoms with Gasteiger partial charge < -0.3 is 24.4 Å². The van der Waals surface area contributed by atoms with Crippen molar-refractivity contribution >= 4 is 11.7 Å². The summed E-state index contributed by atoms with van der Waals surface area (Å²) < 4.78 is 17.1. The fourth-order valence-corrected chi connectivity index (χ4v) is 2.90. The zero-order valence-corrected chi connectivity index (χ0v) is 16.5. The fourth-order valence-electron chi connectivity index (χ4n) is 2.90. The van der Waals surface area contributed by atoms with Gasteiger partial charge in [0.1, 0.15) is 24.7 Å². The summed E-state index contributed by atoms with van der Waals surface area (Å²) in [5.41, 5.74) is 1.83. The first-order valence-corrected chi connectivity index (χ1v) is 9.67. The number of amides is 2. The Morgan fingerprint density at radius 2 is 1.96 bits per heavy atom. The summed E-state index contributed by atoms with van der Waals surface area (Å²) in [4.78, 5) is 14.1. The highest BCUT2D eigenvalue weighted by Gasteiger charge is 2.17. The molecule has 0 saturated carbocycles. The summed E-state index contributed by atoms with van der Waals surface area (Å²) in [5, 5.41) is 2.91. The van der Waals surface area contributed by atoms with Gasteiger partial charge in [0.15, 0.2) is 0 Å². The first kappa shape index (κ1) is 20.0. The molecule has 3 rings (SSSR count). The Morgan fingerprint density at radius 3 is 2.71 bits per heavy atom. The summed E-state index contributed by atoms with van der Waals surface area (Å²) in [6.45, 7) is 4.21. The lowest BCUT2D eigenvalue weighted by Crippen LogP contribution is -2.34. The lowest BCUT2D eigenvalue weighted by Gasteiger charge is -2.20. The molecule has 0 spiro atoms. The standard InChI is InChI=1S/C22H28N2O4/c1-17-9-11-18(12-10-17)27-15-13-24(2)22(25)23-20-7-3-4-8-21(20)28-16-19-6-5-14-26-19/h3-4,7-12,19H,5-6,13-16H2,1-2H3,(H,23,25). The van der Waals surface area contributed by atoms with E-state index >= 15 is 0 Å². The van der Waals surface area contributed by atoms with Crippen molar-refractivity contribution in [3.05, 3.63) is 54.1 Å². The third-order valence-corrected chi connectivity index (χ3v) is 4.64. The number of urea groups is 1. The number of anilines is 1. The van der Waals surface area contributed by atoms with Gasteiger partial charge in [0.05, 0.1) is 18.3 Å². The van der Waals surface area contributed by atoms with E-state index in [1.165, 1.54) is 5.56 Å². The molecule has 0 radical (unpaired) electrons. The van der Waals surface area contributed by atoms with E-state index in [-0.39, 0.29) is 12.1 Å². The molecule has 1 atom stereocenters. The molecular weight excluding hydrogens is 356 g/mol. The van der Waals surface area contributed by atoms with Crippen LogP contribution in [-0.4, -0.2) is 50.4 Å². The summed E-state index contributed by atoms with van der Waals surface area (Å²) in [5.74, 6) is 1.45. The number of para-hydroxylation sites is 2. The van der Waals surface area contributed by atoms with Crippen LogP contribution in [0.5, 0.6) is 11.5 Å². The molecule has 6 nitrogen and oxygen atoms in total. The van der Waals surface area contributed by atoms with Gasteiger partial charge in [-0.3, -0.25) is 0 Å². The van der Waals surface area contributed by atoms with E-state index in [0.717, 1.165) is 25.2 Å². The number of aryl methyl sites for hydroxylation is 1. The summed E-state index contributed by atoms with van der Waals surface area (Å²) >= 11 is 0. The minimum absolute atomic E-state index is 0.130. The molecule has 0 aliphatic carbocycles. The zero-order chi connectivity index (χ0) is 19.8. The maximum Gasteiger partial charge on any atom is 0.321 e. The molecule has 2 aromatic rings. The molecule has 1 heterocycles. The predicted molar refractivity (Wildman–Crippen MR) is 109 cm³/mol. The second-order valence-electron chi connectivity index (χ2n) is 6.96. The number of nitrogens with one attached hydrogen (secondary N) is 1. The Kier molecular flexibility index (Phi) is 7.14. The largest absolute Gasteiger partial charge is 0.492 e. The highest BCUT2D eigenvalue weighted by molar-refractivity contribution is 5.90. The monoisotopic (exact) mass is 384 g/mol. The van der Waals surface area contributed by atoms with Crippen LogP contribution in [-0.2, 0) is 4.74 Å². The Bertz CT molecular complexity index is 757. The van der Waals surface area contributed by atoms with Gasteiger partial charge in [0.2, 0.25) is 0 Å². The molecule has 1 saturated heterocycles. The number of benzene rings is 2. The minimum atomic E-state index is -0.208. The van der Waals surface area contributed by atoms with Crippen LogP contribution in [0.1, 0.15) is 18.4 Å². The van der Waals surface area contributed by atoms with Crippen molar-refractivity contribution in [1.29, 1.82) is 0 Å². The van der Waals surface area contributed by atoms with E-state index in [0.29, 0.717) is 31.2 Å². The van der Waals surface area contributed by atoms with E-state index in [4.69, 9.17) is 14.2 Å². The summed E-state index contributed by atoms with van der Waals surface area (Å²) in [6.07, 6.45) is 2.21. The molecule has 1 aliphatic heterocycles. The van der Waals surface area contributed by atoms with Gasteiger partial charge in [-0.15, -0.1) is 0 Å². The van der Waals surface area contributed by atoms with Crippen molar-refractivity contribution in [3.8, 4) is 11.5 Å². The van der Waals surface area contributed by atoms with Gasteiger partial charge in [-0.2, -0.15) is 0 Å². The Morgan fingerprint density at radius 1 is 1.18 bits per heavy atom. The van der Waals surface area contributed by atoms with E-state index in [9.17, 15) is 4.79 Å². The third kappa shape index (κ3) is 5.89. The Balaban J connectivity index is 1.47. The van der Waals surface area contributed by atoms with Crippen molar-refractivity contribution in [3.63, 3.8) is 0 Å². The molecule has 2 amide bonds. The average molecular weight is 384 g/mol. The quantitative estimate of drug-likeness (QED) is 0.745. The molecule has 28 heavy (non-hydrogen) atoms. The molecule has 6 heteroatoms. The first-order valence-electron chi connectivity index (χ1n) is 9.67. The van der Waals surface area contributed by atoms with E-state index in [2.05, 4.69) is 5.32 Å². The normalized spacial score (nSPS) is 15.9. The Labute approximate surface area is 166 Å². The smallest absolute Gasteiger partial charge is 0.321 e. The number of hydrogen-bond acceptors (Lipinski definition) is 4. The number of hydrogen-bond donors (Lipinski definition) is 1. The molecule has 1 fully saturated rings. The van der Waals surface area contributed by atoms with Crippen molar-refractivity contribution < 1.29 is 19.0 Å². The summed E-state index contributed by atoms with van der Waals surface area (Å²) in [7, 11) is 1.74. The van der Waals surface area contributed by atoms with Crippen LogP contribution >= 0.6 is 0 Å². The fraction of sp³-hybridized carbons (Fsp3) is 0.409. The Hall–Kier alpha value is -2.73. The van der Waals surface area contributed by atoms with Gasteiger partial charge in [-0.25, -0.2) is 4.79 Å². The van der Waals surface area contributed by atoms with Crippen LogP contribution < -0.4 is 14.8 Å². The van der Waals surface area contributed by atoms with Crippen molar-refractivity contribution in [2.45, 2.75) is 25.9 Å². The second kappa shape index (κ2) is 9.99. The SMILES string of the molecule is Cc1ccc(OCCN(C)C(=O)Nc2ccccc2OCC2CCCO2)cc1. The highest BCUT2D eigenvalue weighted by Crippen LogP contribution is 2.25. The molecule has 1 N–H and O–H groups in total. The number of nitrogens with zero attached hydrogens (tertiary/aromatic N) is 1. The van der Waals surface area contributed by atoms with Crippen LogP contribution in [0, 0.1) is 6.92 Å². The molecule has 1 aliphatic rings. The maximum absolute atomic E-state index is 12.5. The number of carbonyl (C=O) groups excluding carboxylic acids is 1. The van der Waals surface area contributed by atoms with Gasteiger partial charge in [0, 0.05) is 13.7 Å². The predicted octanol–water partition coefficient (Wildman–Crippen LogP) is 4.10. The number of rotatable bonds is 8. The van der Waals surface area contributed by atoms with E-state index < -0.39 is 0 Å². The van der Waals surface area contributed by atoms with Crippen LogP contribution in [0.25, 0.3) is 0 Å². The molecule has 0 aromatic heterocycles. The van der Waals surface area contributed by atoms with Crippen LogP contribution in [0.15, 0.2) is 48.5 Å². The molecule has 2 aromatic carbocycles. The number of carbonyl (C=O) groups is 1. The van der Waals surface area contributed by atoms with E-state index in [1.54, 1.807) is 11.9 Å². The van der Waals surface area contributed by atoms with Crippen molar-refractivity contribution in [1.82, 2.24) is 4.90 Å². The van der Waals surface area contributed by atoms with Crippen molar-refractivity contribution in [2.24, 2.45) is 0 Å². The van der Waals surface area contributed by atoms with Gasteiger partial charge in [-0.1, -0.05) is 29.8 Å². The van der Waals surface area contributed by atoms with Crippen molar-refractivity contribution in [2.75, 3.05) is 38.7 Å². The minimum Gasteiger partial charge on any atom is -0.492 e. The lowest BCUT2D eigenvalue weighted by molar-refractivity contribution is 0.0682. The number of ether oxygens (including phenoxy) is 3. The first-order chi connectivity index (χ1) is 13.6. The van der Waals surface area contributed by atoms with Gasteiger partial charge in [0.25, 0.3) is 0 Å². The van der Waals surface area contributed by atoms with E-state index in [1.807, 2.05) is 55.5 Å².